The summed E-state index contributed by atoms with van der Waals surface area (Å²) < 4.78 is 44.0. The number of carbonyl (C=O) groups excluding carboxylic acids is 2. The van der Waals surface area contributed by atoms with Gasteiger partial charge in [0.15, 0.2) is 11.5 Å². The highest BCUT2D eigenvalue weighted by Crippen LogP contribution is 2.30. The van der Waals surface area contributed by atoms with Gasteiger partial charge in [-0.15, -0.1) is 0 Å². The lowest BCUT2D eigenvalue weighted by Gasteiger charge is -2.12. The fraction of sp³-hybridized carbons (Fsp3) is 0.0606. The highest BCUT2D eigenvalue weighted by atomic mass is 35.5. The van der Waals surface area contributed by atoms with Gasteiger partial charge in [0.05, 0.1) is 30.9 Å². The molecule has 0 aromatic heterocycles. The highest BCUT2D eigenvalue weighted by molar-refractivity contribution is 7.92. The minimum Gasteiger partial charge on any atom is -0.493 e. The van der Waals surface area contributed by atoms with E-state index >= 15 is 0 Å². The lowest BCUT2D eigenvalue weighted by molar-refractivity contribution is 0.0734. The summed E-state index contributed by atoms with van der Waals surface area (Å²) in [5.74, 6) is -0.0953. The van der Waals surface area contributed by atoms with Gasteiger partial charge < -0.3 is 14.2 Å². The Kier molecular flexibility index (Phi) is 9.31. The lowest BCUT2D eigenvalue weighted by Crippen LogP contribution is -2.18. The van der Waals surface area contributed by atoms with Crippen molar-refractivity contribution in [2.45, 2.75) is 4.90 Å². The van der Waals surface area contributed by atoms with E-state index in [0.29, 0.717) is 22.1 Å². The number of rotatable bonds is 10. The first-order chi connectivity index (χ1) is 21.7. The molecule has 0 saturated heterocycles. The van der Waals surface area contributed by atoms with Crippen LogP contribution in [0.1, 0.15) is 26.3 Å². The molecule has 5 aromatic rings. The molecule has 0 fully saturated rings. The number of hydrogen-bond donors (Lipinski definition) is 2. The molecule has 2 N–H and O–H groups in total. The van der Waals surface area contributed by atoms with Crippen LogP contribution in [0.2, 0.25) is 5.02 Å². The summed E-state index contributed by atoms with van der Waals surface area (Å²) >= 11 is 5.84. The van der Waals surface area contributed by atoms with Gasteiger partial charge in [-0.1, -0.05) is 41.9 Å². The maximum atomic E-state index is 13.1. The molecule has 0 aliphatic heterocycles. The van der Waals surface area contributed by atoms with Gasteiger partial charge in [-0.3, -0.25) is 9.52 Å². The summed E-state index contributed by atoms with van der Waals surface area (Å²) in [4.78, 5) is 25.9. The average Bonchev–Trinajstić information content (AvgIpc) is 3.05. The third-order valence-electron chi connectivity index (χ3n) is 6.64. The molecule has 0 radical (unpaired) electrons. The number of fused-ring (bicyclic) bond motifs is 1. The molecule has 0 aliphatic carbocycles. The number of nitrogens with zero attached hydrogens (tertiary/aromatic N) is 1. The molecule has 0 bridgehead atoms. The van der Waals surface area contributed by atoms with Gasteiger partial charge in [0, 0.05) is 21.8 Å². The van der Waals surface area contributed by atoms with E-state index in [1.54, 1.807) is 18.2 Å². The maximum Gasteiger partial charge on any atom is 0.343 e. The summed E-state index contributed by atoms with van der Waals surface area (Å²) in [5, 5.41) is 6.14. The van der Waals surface area contributed by atoms with E-state index in [2.05, 4.69) is 15.2 Å². The lowest BCUT2D eigenvalue weighted by atomic mass is 10.0. The molecule has 228 valence electrons. The van der Waals surface area contributed by atoms with Gasteiger partial charge in [0.25, 0.3) is 15.9 Å². The van der Waals surface area contributed by atoms with Crippen molar-refractivity contribution in [2.24, 2.45) is 5.10 Å². The van der Waals surface area contributed by atoms with Crippen molar-refractivity contribution in [1.82, 2.24) is 5.43 Å². The molecule has 5 rings (SSSR count). The number of sulfonamides is 1. The van der Waals surface area contributed by atoms with Crippen LogP contribution in [0.5, 0.6) is 17.2 Å². The Hall–Kier alpha value is -5.39. The number of ether oxygens (including phenoxy) is 3. The number of hydrazone groups is 1. The molecule has 0 unspecified atom stereocenters. The second kappa shape index (κ2) is 13.5. The van der Waals surface area contributed by atoms with Crippen LogP contribution in [-0.4, -0.2) is 40.7 Å². The van der Waals surface area contributed by atoms with Gasteiger partial charge in [-0.2, -0.15) is 5.10 Å². The molecule has 5 aromatic carbocycles. The Bertz CT molecular complexity index is 2010. The monoisotopic (exact) mass is 643 g/mol. The highest BCUT2D eigenvalue weighted by Gasteiger charge is 2.17. The summed E-state index contributed by atoms with van der Waals surface area (Å²) in [6, 6.07) is 27.2. The normalized spacial score (nSPS) is 11.3. The zero-order chi connectivity index (χ0) is 32.0. The van der Waals surface area contributed by atoms with Crippen LogP contribution in [0.15, 0.2) is 113 Å². The molecule has 1 amide bonds. The second-order valence-electron chi connectivity index (χ2n) is 9.49. The predicted octanol–water partition coefficient (Wildman–Crippen LogP) is 6.29. The quantitative estimate of drug-likeness (QED) is 0.0790. The van der Waals surface area contributed by atoms with Crippen molar-refractivity contribution in [3.63, 3.8) is 0 Å². The van der Waals surface area contributed by atoms with Crippen LogP contribution in [0.3, 0.4) is 0 Å². The first-order valence-electron chi connectivity index (χ1n) is 13.4. The molecule has 10 nitrogen and oxygen atoms in total. The van der Waals surface area contributed by atoms with E-state index < -0.39 is 21.9 Å². The van der Waals surface area contributed by atoms with E-state index in [1.807, 2.05) is 30.3 Å². The van der Waals surface area contributed by atoms with Crippen LogP contribution >= 0.6 is 11.6 Å². The average molecular weight is 644 g/mol. The van der Waals surface area contributed by atoms with Crippen LogP contribution in [0.25, 0.3) is 10.8 Å². The van der Waals surface area contributed by atoms with E-state index in [-0.39, 0.29) is 27.5 Å². The molecule has 0 aliphatic rings. The largest absolute Gasteiger partial charge is 0.493 e. The van der Waals surface area contributed by atoms with Gasteiger partial charge >= 0.3 is 5.97 Å². The third-order valence-corrected chi connectivity index (χ3v) is 8.28. The van der Waals surface area contributed by atoms with Crippen molar-refractivity contribution < 1.29 is 32.2 Å². The van der Waals surface area contributed by atoms with E-state index in [1.165, 1.54) is 75.0 Å². The van der Waals surface area contributed by atoms with Crippen LogP contribution in [-0.2, 0) is 10.0 Å². The minimum atomic E-state index is -3.84. The van der Waals surface area contributed by atoms with E-state index in [0.717, 1.165) is 10.8 Å². The SMILES string of the molecule is COc1ccc(C(=O)Oc2ccc3ccccc3c2C=NNC(=O)c2ccc(NS(=O)(=O)c3ccc(Cl)cc3)cc2)cc1OC. The van der Waals surface area contributed by atoms with Gasteiger partial charge in [-0.05, 0) is 83.6 Å². The second-order valence-corrected chi connectivity index (χ2v) is 11.6. The van der Waals surface area contributed by atoms with E-state index in [4.69, 9.17) is 25.8 Å². The Morgan fingerprint density at radius 2 is 1.44 bits per heavy atom. The summed E-state index contributed by atoms with van der Waals surface area (Å²) in [6.07, 6.45) is 1.39. The first kappa shape index (κ1) is 31.0. The van der Waals surface area contributed by atoms with Crippen molar-refractivity contribution in [3.8, 4) is 17.2 Å². The fourth-order valence-corrected chi connectivity index (χ4v) is 5.54. The molecule has 12 heteroatoms. The standard InChI is InChI=1S/C33H26ClN3O7S/c1-42-30-18-10-23(19-31(30)43-2)33(39)44-29-17-9-21-5-3-4-6-27(21)28(29)20-35-36-32(38)22-7-13-25(14-8-22)37-45(40,41)26-15-11-24(34)12-16-26/h3-20,37H,1-2H3,(H,36,38). The van der Waals surface area contributed by atoms with Crippen LogP contribution in [0, 0.1) is 0 Å². The van der Waals surface area contributed by atoms with E-state index in [9.17, 15) is 18.0 Å². The molecule has 0 heterocycles. The number of nitrogens with one attached hydrogen (secondary N) is 2. The van der Waals surface area contributed by atoms with Crippen molar-refractivity contribution in [2.75, 3.05) is 18.9 Å². The minimum absolute atomic E-state index is 0.0465. The number of benzene rings is 5. The molecule has 0 spiro atoms. The Morgan fingerprint density at radius 3 is 2.16 bits per heavy atom. The number of amides is 1. The molecular formula is C33H26ClN3O7S. The van der Waals surface area contributed by atoms with Crippen LogP contribution < -0.4 is 24.4 Å². The molecule has 0 atom stereocenters. The number of methoxy groups -OCH3 is 2. The number of esters is 1. The number of hydrogen-bond acceptors (Lipinski definition) is 8. The Balaban J connectivity index is 1.32. The van der Waals surface area contributed by atoms with Gasteiger partial charge in [0.1, 0.15) is 5.75 Å². The zero-order valence-corrected chi connectivity index (χ0v) is 25.6. The zero-order valence-electron chi connectivity index (χ0n) is 24.0. The third kappa shape index (κ3) is 7.23. The summed E-state index contributed by atoms with van der Waals surface area (Å²) in [6.45, 7) is 0. The fourth-order valence-electron chi connectivity index (χ4n) is 4.36. The summed E-state index contributed by atoms with van der Waals surface area (Å²) in [5.41, 5.74) is 3.67. The predicted molar refractivity (Wildman–Crippen MR) is 172 cm³/mol. The number of halogens is 1. The van der Waals surface area contributed by atoms with Gasteiger partial charge in [-0.25, -0.2) is 18.6 Å². The molecule has 0 saturated carbocycles. The molecule has 45 heavy (non-hydrogen) atoms. The van der Waals surface area contributed by atoms with Crippen molar-refractivity contribution in [3.05, 3.63) is 125 Å². The molecular weight excluding hydrogens is 618 g/mol. The van der Waals surface area contributed by atoms with Gasteiger partial charge in [0.2, 0.25) is 0 Å². The number of anilines is 1. The Morgan fingerprint density at radius 1 is 0.778 bits per heavy atom. The Labute approximate surface area is 264 Å². The first-order valence-corrected chi connectivity index (χ1v) is 15.2. The number of carbonyl (C=O) groups is 2. The maximum absolute atomic E-state index is 13.1. The van der Waals surface area contributed by atoms with Crippen LogP contribution in [0.4, 0.5) is 5.69 Å². The summed E-state index contributed by atoms with van der Waals surface area (Å²) in [7, 11) is -0.875. The van der Waals surface area contributed by atoms with Crippen molar-refractivity contribution >= 4 is 56.2 Å². The van der Waals surface area contributed by atoms with Crippen molar-refractivity contribution in [1.29, 1.82) is 0 Å². The topological polar surface area (TPSA) is 132 Å². The smallest absolute Gasteiger partial charge is 0.343 e.